The Bertz CT molecular complexity index is 881. The van der Waals surface area contributed by atoms with E-state index in [1.54, 1.807) is 0 Å². The number of hydrogen-bond acceptors (Lipinski definition) is 3. The van der Waals surface area contributed by atoms with Gasteiger partial charge in [-0.2, -0.15) is 5.10 Å². The van der Waals surface area contributed by atoms with Crippen LogP contribution in [0.3, 0.4) is 0 Å². The van der Waals surface area contributed by atoms with Crippen LogP contribution in [0.15, 0.2) is 30.3 Å². The summed E-state index contributed by atoms with van der Waals surface area (Å²) in [5.41, 5.74) is 3.96. The molecule has 1 heterocycles. The van der Waals surface area contributed by atoms with E-state index in [2.05, 4.69) is 19.1 Å². The van der Waals surface area contributed by atoms with Gasteiger partial charge in [0, 0.05) is 29.0 Å². The van der Waals surface area contributed by atoms with Crippen molar-refractivity contribution < 1.29 is 9.59 Å². The third kappa shape index (κ3) is 2.17. The normalized spacial score (nSPS) is 29.8. The van der Waals surface area contributed by atoms with Crippen LogP contribution in [-0.2, 0) is 28.5 Å². The predicted molar refractivity (Wildman–Crippen MR) is 101 cm³/mol. The van der Waals surface area contributed by atoms with Gasteiger partial charge in [0.1, 0.15) is 12.1 Å². The Morgan fingerprint density at radius 2 is 1.88 bits per heavy atom. The zero-order valence-corrected chi connectivity index (χ0v) is 16.0. The van der Waals surface area contributed by atoms with Crippen molar-refractivity contribution in [2.24, 2.45) is 24.3 Å². The molecular weight excluding hydrogens is 324 g/mol. The number of hydrogen-bond donors (Lipinski definition) is 0. The van der Waals surface area contributed by atoms with E-state index in [0.29, 0.717) is 6.42 Å². The molecule has 2 aromatic rings. The van der Waals surface area contributed by atoms with Gasteiger partial charge in [-0.3, -0.25) is 9.48 Å². The lowest BCUT2D eigenvalue weighted by molar-refractivity contribution is -0.145. The van der Waals surface area contributed by atoms with Crippen molar-refractivity contribution in [3.8, 4) is 11.3 Å². The van der Waals surface area contributed by atoms with Crippen molar-refractivity contribution >= 4 is 12.1 Å². The molecule has 1 aromatic carbocycles. The van der Waals surface area contributed by atoms with Crippen molar-refractivity contribution in [3.05, 3.63) is 41.6 Å². The molecule has 0 radical (unpaired) electrons. The maximum absolute atomic E-state index is 12.8. The Hall–Kier alpha value is -2.23. The first-order chi connectivity index (χ1) is 12.3. The van der Waals surface area contributed by atoms with Crippen LogP contribution in [-0.4, -0.2) is 21.8 Å². The Morgan fingerprint density at radius 3 is 2.54 bits per heavy atom. The van der Waals surface area contributed by atoms with Gasteiger partial charge in [0.15, 0.2) is 0 Å². The van der Waals surface area contributed by atoms with E-state index in [0.717, 1.165) is 30.5 Å². The number of ketones is 1. The van der Waals surface area contributed by atoms with Crippen molar-refractivity contribution in [1.82, 2.24) is 9.78 Å². The molecule has 1 aromatic heterocycles. The van der Waals surface area contributed by atoms with Crippen LogP contribution in [0.4, 0.5) is 0 Å². The fraction of sp³-hybridized carbons (Fsp3) is 0.500. The van der Waals surface area contributed by atoms with Crippen molar-refractivity contribution in [2.75, 3.05) is 0 Å². The molecule has 0 aliphatic heterocycles. The number of fused-ring (bicyclic) bond motifs is 3. The fourth-order valence-electron chi connectivity index (χ4n) is 5.70. The van der Waals surface area contributed by atoms with Crippen LogP contribution in [0.5, 0.6) is 0 Å². The summed E-state index contributed by atoms with van der Waals surface area (Å²) in [7, 11) is 2.00. The molecule has 3 atom stereocenters. The average molecular weight is 350 g/mol. The molecule has 2 aliphatic rings. The largest absolute Gasteiger partial charge is 0.303 e. The fourth-order valence-corrected chi connectivity index (χ4v) is 5.70. The third-order valence-electron chi connectivity index (χ3n) is 6.84. The first-order valence-electron chi connectivity index (χ1n) is 9.42. The summed E-state index contributed by atoms with van der Waals surface area (Å²) in [6.07, 6.45) is 3.30. The van der Waals surface area contributed by atoms with E-state index < -0.39 is 11.3 Å². The topological polar surface area (TPSA) is 52.0 Å². The number of aromatic nitrogens is 2. The van der Waals surface area contributed by atoms with Gasteiger partial charge in [-0.1, -0.05) is 51.1 Å². The highest BCUT2D eigenvalue weighted by Crippen LogP contribution is 2.57. The molecule has 4 rings (SSSR count). The number of aldehydes is 1. The van der Waals surface area contributed by atoms with Crippen LogP contribution in [0.1, 0.15) is 44.9 Å². The Morgan fingerprint density at radius 1 is 1.19 bits per heavy atom. The number of benzene rings is 1. The van der Waals surface area contributed by atoms with Crippen molar-refractivity contribution in [2.45, 2.75) is 45.4 Å². The smallest absolute Gasteiger partial charge is 0.148 e. The average Bonchev–Trinajstić information content (AvgIpc) is 2.96. The summed E-state index contributed by atoms with van der Waals surface area (Å²) in [4.78, 5) is 24.5. The number of aryl methyl sites for hydroxylation is 1. The molecule has 0 amide bonds. The van der Waals surface area contributed by atoms with Crippen LogP contribution in [0, 0.1) is 17.3 Å². The SMILES string of the molecule is Cn1nc2c(c1-c1ccccc1)CC[C@H]1C(C)(C)C(=O)C(C=O)C[C@]21C. The number of rotatable bonds is 2. The lowest BCUT2D eigenvalue weighted by atomic mass is 9.49. The van der Waals surface area contributed by atoms with Gasteiger partial charge in [0.2, 0.25) is 0 Å². The molecule has 1 saturated carbocycles. The molecule has 0 spiro atoms. The lowest BCUT2D eigenvalue weighted by Gasteiger charge is -2.53. The quantitative estimate of drug-likeness (QED) is 0.613. The van der Waals surface area contributed by atoms with E-state index in [9.17, 15) is 9.59 Å². The van der Waals surface area contributed by atoms with Crippen LogP contribution in [0.2, 0.25) is 0 Å². The monoisotopic (exact) mass is 350 g/mol. The van der Waals surface area contributed by atoms with E-state index in [-0.39, 0.29) is 17.1 Å². The lowest BCUT2D eigenvalue weighted by Crippen LogP contribution is -2.56. The highest BCUT2D eigenvalue weighted by molar-refractivity contribution is 5.98. The van der Waals surface area contributed by atoms with Crippen molar-refractivity contribution in [3.63, 3.8) is 0 Å². The first-order valence-corrected chi connectivity index (χ1v) is 9.42. The van der Waals surface area contributed by atoms with Gasteiger partial charge in [0.25, 0.3) is 0 Å². The molecule has 0 saturated heterocycles. The van der Waals surface area contributed by atoms with Gasteiger partial charge in [-0.05, 0) is 25.2 Å². The molecule has 136 valence electrons. The number of nitrogens with zero attached hydrogens (tertiary/aromatic N) is 2. The zero-order chi connectivity index (χ0) is 18.7. The summed E-state index contributed by atoms with van der Waals surface area (Å²) in [5.74, 6) is -0.221. The highest BCUT2D eigenvalue weighted by Gasteiger charge is 2.58. The second kappa shape index (κ2) is 5.63. The van der Waals surface area contributed by atoms with Gasteiger partial charge in [-0.25, -0.2) is 0 Å². The Balaban J connectivity index is 1.90. The maximum Gasteiger partial charge on any atom is 0.148 e. The number of carbonyl (C=O) groups is 2. The van der Waals surface area contributed by atoms with Crippen molar-refractivity contribution in [1.29, 1.82) is 0 Å². The number of Topliss-reactive ketones (excluding diaryl/α,β-unsaturated/α-hetero) is 1. The molecule has 26 heavy (non-hydrogen) atoms. The molecule has 1 fully saturated rings. The van der Waals surface area contributed by atoms with E-state index in [4.69, 9.17) is 5.10 Å². The van der Waals surface area contributed by atoms with Gasteiger partial charge in [0.05, 0.1) is 17.3 Å². The van der Waals surface area contributed by atoms with Crippen LogP contribution in [0.25, 0.3) is 11.3 Å². The molecule has 0 bridgehead atoms. The summed E-state index contributed by atoms with van der Waals surface area (Å²) in [5, 5.41) is 4.93. The first kappa shape index (κ1) is 17.2. The standard InChI is InChI=1S/C22H26N2O2/c1-21(2)17-11-10-16-18(14-8-6-5-7-9-14)24(4)23-19(16)22(17,3)12-15(13-25)20(21)26/h5-9,13,15,17H,10-12H2,1-4H3/t15?,17-,22-/m0/s1. The summed E-state index contributed by atoms with van der Waals surface area (Å²) < 4.78 is 1.98. The van der Waals surface area contributed by atoms with Crippen LogP contribution >= 0.6 is 0 Å². The van der Waals surface area contributed by atoms with Gasteiger partial charge < -0.3 is 4.79 Å². The minimum atomic E-state index is -0.528. The summed E-state index contributed by atoms with van der Waals surface area (Å²) in [6, 6.07) is 10.4. The van der Waals surface area contributed by atoms with E-state index >= 15 is 0 Å². The summed E-state index contributed by atoms with van der Waals surface area (Å²) >= 11 is 0. The molecule has 1 unspecified atom stereocenters. The minimum absolute atomic E-state index is 0.0950. The second-order valence-electron chi connectivity index (χ2n) is 8.71. The van der Waals surface area contributed by atoms with Gasteiger partial charge >= 0.3 is 0 Å². The minimum Gasteiger partial charge on any atom is -0.303 e. The Labute approximate surface area is 154 Å². The van der Waals surface area contributed by atoms with Gasteiger partial charge in [-0.15, -0.1) is 0 Å². The third-order valence-corrected chi connectivity index (χ3v) is 6.84. The Kier molecular flexibility index (Phi) is 3.73. The highest BCUT2D eigenvalue weighted by atomic mass is 16.1. The predicted octanol–water partition coefficient (Wildman–Crippen LogP) is 3.72. The van der Waals surface area contributed by atoms with Crippen LogP contribution < -0.4 is 0 Å². The maximum atomic E-state index is 12.8. The summed E-state index contributed by atoms with van der Waals surface area (Å²) in [6.45, 7) is 6.24. The number of carbonyl (C=O) groups excluding carboxylic acids is 2. The molecule has 0 N–H and O–H groups in total. The van der Waals surface area contributed by atoms with E-state index in [1.165, 1.54) is 11.1 Å². The molecule has 4 heteroatoms. The molecular formula is C22H26N2O2. The molecule has 2 aliphatic carbocycles. The molecule has 4 nitrogen and oxygen atoms in total. The zero-order valence-electron chi connectivity index (χ0n) is 16.0. The van der Waals surface area contributed by atoms with E-state index in [1.807, 2.05) is 43.8 Å². The second-order valence-corrected chi connectivity index (χ2v) is 8.71.